The molecule has 1 aliphatic carbocycles. The summed E-state index contributed by atoms with van der Waals surface area (Å²) in [5.74, 6) is -0.556. The fraction of sp³-hybridized carbons (Fsp3) is 0.526. The molecule has 1 N–H and O–H groups in total. The van der Waals surface area contributed by atoms with Crippen molar-refractivity contribution in [1.29, 1.82) is 0 Å². The minimum absolute atomic E-state index is 0.199. The average molecular weight is 418 g/mol. The summed E-state index contributed by atoms with van der Waals surface area (Å²) >= 11 is 0. The van der Waals surface area contributed by atoms with Crippen LogP contribution in [0.5, 0.6) is 0 Å². The van der Waals surface area contributed by atoms with Crippen molar-refractivity contribution in [3.05, 3.63) is 41.5 Å². The lowest BCUT2D eigenvalue weighted by molar-refractivity contribution is -0.137. The van der Waals surface area contributed by atoms with Crippen molar-refractivity contribution in [3.63, 3.8) is 0 Å². The summed E-state index contributed by atoms with van der Waals surface area (Å²) in [6.45, 7) is 1.71. The standard InChI is InChI=1S/C19H25F3N2O3S/c1-14(18(25)23-12-11-15-7-4-3-5-8-15)24(28(2,26)27)17-10-6-9-16(13-17)19(20,21)22/h6-7,9-10,13-14H,3-5,8,11-12H2,1-2H3,(H,23,25)/t14-/m0/s1. The molecule has 1 aliphatic rings. The quantitative estimate of drug-likeness (QED) is 0.684. The van der Waals surface area contributed by atoms with Gasteiger partial charge in [0.1, 0.15) is 6.04 Å². The number of anilines is 1. The Balaban J connectivity index is 2.14. The van der Waals surface area contributed by atoms with E-state index < -0.39 is 33.7 Å². The van der Waals surface area contributed by atoms with E-state index in [4.69, 9.17) is 0 Å². The minimum atomic E-state index is -4.61. The topological polar surface area (TPSA) is 66.5 Å². The van der Waals surface area contributed by atoms with Gasteiger partial charge in [0.15, 0.2) is 0 Å². The largest absolute Gasteiger partial charge is 0.416 e. The second kappa shape index (κ2) is 8.98. The Kier molecular flexibility index (Phi) is 7.14. The summed E-state index contributed by atoms with van der Waals surface area (Å²) in [4.78, 5) is 12.5. The molecule has 0 spiro atoms. The van der Waals surface area contributed by atoms with Gasteiger partial charge in [-0.3, -0.25) is 9.10 Å². The molecule has 0 aliphatic heterocycles. The third-order valence-electron chi connectivity index (χ3n) is 4.65. The van der Waals surface area contributed by atoms with Gasteiger partial charge in [0.05, 0.1) is 17.5 Å². The van der Waals surface area contributed by atoms with Crippen molar-refractivity contribution in [1.82, 2.24) is 5.32 Å². The first-order chi connectivity index (χ1) is 13.0. The molecule has 0 saturated carbocycles. The van der Waals surface area contributed by atoms with E-state index in [9.17, 15) is 26.4 Å². The number of hydrogen-bond acceptors (Lipinski definition) is 3. The van der Waals surface area contributed by atoms with Gasteiger partial charge in [-0.1, -0.05) is 17.7 Å². The molecule has 0 unspecified atom stereocenters. The number of carbonyl (C=O) groups excluding carboxylic acids is 1. The van der Waals surface area contributed by atoms with E-state index >= 15 is 0 Å². The van der Waals surface area contributed by atoms with Gasteiger partial charge in [-0.05, 0) is 57.2 Å². The van der Waals surface area contributed by atoms with E-state index in [-0.39, 0.29) is 5.69 Å². The van der Waals surface area contributed by atoms with Crippen LogP contribution in [0.4, 0.5) is 18.9 Å². The molecule has 28 heavy (non-hydrogen) atoms. The van der Waals surface area contributed by atoms with Crippen molar-refractivity contribution in [2.75, 3.05) is 17.1 Å². The molecular weight excluding hydrogens is 393 g/mol. The van der Waals surface area contributed by atoms with Crippen LogP contribution in [-0.4, -0.2) is 33.2 Å². The third-order valence-corrected chi connectivity index (χ3v) is 5.89. The lowest BCUT2D eigenvalue weighted by atomic mass is 9.97. The number of amides is 1. The van der Waals surface area contributed by atoms with Gasteiger partial charge in [0, 0.05) is 6.54 Å². The fourth-order valence-corrected chi connectivity index (χ4v) is 4.42. The van der Waals surface area contributed by atoms with E-state index in [1.807, 2.05) is 0 Å². The molecule has 0 aromatic heterocycles. The lowest BCUT2D eigenvalue weighted by Crippen LogP contribution is -2.48. The molecule has 5 nitrogen and oxygen atoms in total. The normalized spacial score (nSPS) is 16.2. The fourth-order valence-electron chi connectivity index (χ4n) is 3.25. The summed E-state index contributed by atoms with van der Waals surface area (Å²) in [5, 5.41) is 2.69. The minimum Gasteiger partial charge on any atom is -0.354 e. The molecule has 2 rings (SSSR count). The first kappa shape index (κ1) is 22.3. The van der Waals surface area contributed by atoms with E-state index in [1.54, 1.807) is 0 Å². The number of allylic oxidation sites excluding steroid dienone is 1. The maximum absolute atomic E-state index is 13.0. The highest BCUT2D eigenvalue weighted by Gasteiger charge is 2.34. The number of halogens is 3. The number of hydrogen-bond donors (Lipinski definition) is 1. The van der Waals surface area contributed by atoms with Crippen LogP contribution in [-0.2, 0) is 21.0 Å². The molecular formula is C19H25F3N2O3S. The van der Waals surface area contributed by atoms with Crippen LogP contribution in [0, 0.1) is 0 Å². The number of benzene rings is 1. The van der Waals surface area contributed by atoms with Gasteiger partial charge in [0.25, 0.3) is 0 Å². The van der Waals surface area contributed by atoms with Crippen LogP contribution in [0.3, 0.4) is 0 Å². The smallest absolute Gasteiger partial charge is 0.354 e. The molecule has 0 saturated heterocycles. The second-order valence-electron chi connectivity index (χ2n) is 6.93. The Morgan fingerprint density at radius 2 is 2.00 bits per heavy atom. The molecule has 1 aromatic rings. The highest BCUT2D eigenvalue weighted by atomic mass is 32.2. The van der Waals surface area contributed by atoms with Gasteiger partial charge >= 0.3 is 6.18 Å². The van der Waals surface area contributed by atoms with Crippen LogP contribution >= 0.6 is 0 Å². The molecule has 0 heterocycles. The SMILES string of the molecule is C[C@@H](C(=O)NCCC1=CCCCC1)N(c1cccc(C(F)(F)F)c1)S(C)(=O)=O. The van der Waals surface area contributed by atoms with E-state index in [0.29, 0.717) is 13.0 Å². The Morgan fingerprint density at radius 3 is 2.57 bits per heavy atom. The zero-order valence-electron chi connectivity index (χ0n) is 15.9. The summed E-state index contributed by atoms with van der Waals surface area (Å²) in [5.41, 5.74) is 0.0857. The Labute approximate surface area is 163 Å². The number of carbonyl (C=O) groups is 1. The van der Waals surface area contributed by atoms with Gasteiger partial charge in [-0.15, -0.1) is 0 Å². The predicted octanol–water partition coefficient (Wildman–Crippen LogP) is 3.87. The monoisotopic (exact) mass is 418 g/mol. The van der Waals surface area contributed by atoms with E-state index in [2.05, 4.69) is 11.4 Å². The predicted molar refractivity (Wildman–Crippen MR) is 102 cm³/mol. The van der Waals surface area contributed by atoms with E-state index in [1.165, 1.54) is 18.6 Å². The first-order valence-electron chi connectivity index (χ1n) is 9.12. The first-order valence-corrected chi connectivity index (χ1v) is 11.0. The van der Waals surface area contributed by atoms with Crippen molar-refractivity contribution in [2.45, 2.75) is 51.2 Å². The third kappa shape index (κ3) is 5.98. The summed E-state index contributed by atoms with van der Waals surface area (Å²) < 4.78 is 64.1. The number of nitrogens with zero attached hydrogens (tertiary/aromatic N) is 1. The van der Waals surface area contributed by atoms with Crippen molar-refractivity contribution >= 4 is 21.6 Å². The Morgan fingerprint density at radius 1 is 1.29 bits per heavy atom. The molecule has 0 bridgehead atoms. The van der Waals surface area contributed by atoms with Gasteiger partial charge in [-0.25, -0.2) is 8.42 Å². The van der Waals surface area contributed by atoms with Gasteiger partial charge in [0.2, 0.25) is 15.9 Å². The molecule has 0 fully saturated rings. The zero-order chi connectivity index (χ0) is 20.9. The molecule has 156 valence electrons. The Hall–Kier alpha value is -2.03. The number of nitrogens with one attached hydrogen (secondary N) is 1. The highest BCUT2D eigenvalue weighted by molar-refractivity contribution is 7.92. The maximum atomic E-state index is 13.0. The van der Waals surface area contributed by atoms with Gasteiger partial charge < -0.3 is 5.32 Å². The molecule has 9 heteroatoms. The summed E-state index contributed by atoms with van der Waals surface area (Å²) in [6.07, 6.45) is 3.39. The molecule has 1 aromatic carbocycles. The molecule has 0 radical (unpaired) electrons. The number of rotatable bonds is 7. The maximum Gasteiger partial charge on any atom is 0.416 e. The number of sulfonamides is 1. The van der Waals surface area contributed by atoms with E-state index in [0.717, 1.165) is 54.4 Å². The van der Waals surface area contributed by atoms with Crippen molar-refractivity contribution < 1.29 is 26.4 Å². The summed E-state index contributed by atoms with van der Waals surface area (Å²) in [7, 11) is -3.98. The van der Waals surface area contributed by atoms with Crippen LogP contribution in [0.25, 0.3) is 0 Å². The zero-order valence-corrected chi connectivity index (χ0v) is 16.7. The van der Waals surface area contributed by atoms with Gasteiger partial charge in [-0.2, -0.15) is 13.2 Å². The van der Waals surface area contributed by atoms with Crippen LogP contribution in [0.1, 0.15) is 44.6 Å². The molecule has 1 amide bonds. The number of alkyl halides is 3. The second-order valence-corrected chi connectivity index (χ2v) is 8.79. The highest BCUT2D eigenvalue weighted by Crippen LogP contribution is 2.32. The Bertz CT molecular complexity index is 835. The average Bonchev–Trinajstić information content (AvgIpc) is 2.61. The lowest BCUT2D eigenvalue weighted by Gasteiger charge is -2.28. The van der Waals surface area contributed by atoms with Crippen LogP contribution < -0.4 is 9.62 Å². The van der Waals surface area contributed by atoms with Crippen LogP contribution in [0.2, 0.25) is 0 Å². The molecule has 1 atom stereocenters. The van der Waals surface area contributed by atoms with Crippen molar-refractivity contribution in [2.24, 2.45) is 0 Å². The van der Waals surface area contributed by atoms with Crippen molar-refractivity contribution in [3.8, 4) is 0 Å². The summed E-state index contributed by atoms with van der Waals surface area (Å²) in [6, 6.07) is 2.77. The van der Waals surface area contributed by atoms with Crippen LogP contribution in [0.15, 0.2) is 35.9 Å².